The van der Waals surface area contributed by atoms with Crippen molar-refractivity contribution in [3.63, 3.8) is 0 Å². The number of nitrogens with zero attached hydrogens (tertiary/aromatic N) is 4. The van der Waals surface area contributed by atoms with E-state index in [4.69, 9.17) is 0 Å². The maximum atomic E-state index is 14.2. The normalized spacial score (nSPS) is 15.7. The minimum absolute atomic E-state index is 0.133. The predicted molar refractivity (Wildman–Crippen MR) is 199 cm³/mol. The fourth-order valence-electron chi connectivity index (χ4n) is 6.77. The molecule has 0 radical (unpaired) electrons. The van der Waals surface area contributed by atoms with Gasteiger partial charge in [0.2, 0.25) is 0 Å². The van der Waals surface area contributed by atoms with E-state index in [1.54, 1.807) is 22.2 Å². The monoisotopic (exact) mass is 756 g/mol. The zero-order chi connectivity index (χ0) is 32.7. The Morgan fingerprint density at radius 3 is 1.13 bits per heavy atom. The van der Waals surface area contributed by atoms with E-state index in [1.165, 1.54) is 103 Å². The molecule has 2 aliphatic rings. The van der Waals surface area contributed by atoms with Crippen molar-refractivity contribution in [3.8, 4) is 0 Å². The highest BCUT2D eigenvalue weighted by Gasteiger charge is 2.43. The molecule has 0 atom stereocenters. The summed E-state index contributed by atoms with van der Waals surface area (Å²) in [6.07, 6.45) is 28.2. The second kappa shape index (κ2) is 19.7. The summed E-state index contributed by atoms with van der Waals surface area (Å²) >= 11 is 7.13. The Bertz CT molecular complexity index is 1230. The largest absolute Gasteiger partial charge is 0.292 e. The average Bonchev–Trinajstić information content (AvgIpc) is 3.46. The molecule has 0 aliphatic carbocycles. The highest BCUT2D eigenvalue weighted by molar-refractivity contribution is 9.10. The number of carbonyl (C=O) groups is 2. The summed E-state index contributed by atoms with van der Waals surface area (Å²) in [5.41, 5.74) is 2.35. The van der Waals surface area contributed by atoms with Crippen LogP contribution in [0.2, 0.25) is 0 Å². The lowest BCUT2D eigenvalue weighted by atomic mass is 9.98. The van der Waals surface area contributed by atoms with E-state index < -0.39 is 0 Å². The lowest BCUT2D eigenvalue weighted by molar-refractivity contribution is -0.114. The van der Waals surface area contributed by atoms with Crippen molar-refractivity contribution in [1.29, 1.82) is 0 Å². The number of unbranched alkanes of at least 4 members (excludes halogenated alkanes) is 18. The molecule has 4 rings (SSSR count). The Balaban J connectivity index is 1.41. The molecule has 46 heavy (non-hydrogen) atoms. The van der Waals surface area contributed by atoms with Gasteiger partial charge in [-0.05, 0) is 56.8 Å². The second-order valence-electron chi connectivity index (χ2n) is 13.1. The molecule has 0 N–H and O–H groups in total. The molecule has 6 nitrogen and oxygen atoms in total. The van der Waals surface area contributed by atoms with Gasteiger partial charge >= 0.3 is 0 Å². The van der Waals surface area contributed by atoms with Crippen LogP contribution in [0.15, 0.2) is 33.5 Å². The first-order valence-electron chi connectivity index (χ1n) is 18.2. The quantitative estimate of drug-likeness (QED) is 0.0886. The lowest BCUT2D eigenvalue weighted by Crippen LogP contribution is -2.30. The summed E-state index contributed by atoms with van der Waals surface area (Å²) in [7, 11) is 0. The molecule has 0 fully saturated rings. The molecule has 0 aromatic carbocycles. The summed E-state index contributed by atoms with van der Waals surface area (Å²) in [5, 5.41) is 0. The summed E-state index contributed by atoms with van der Waals surface area (Å²) in [6.45, 7) is 5.72. The first-order valence-corrected chi connectivity index (χ1v) is 19.8. The molecule has 0 spiro atoms. The molecule has 8 heteroatoms. The van der Waals surface area contributed by atoms with E-state index >= 15 is 0 Å². The van der Waals surface area contributed by atoms with Gasteiger partial charge in [0.05, 0.1) is 11.1 Å². The van der Waals surface area contributed by atoms with Crippen molar-refractivity contribution >= 4 is 66.5 Å². The molecule has 0 unspecified atom stereocenters. The summed E-state index contributed by atoms with van der Waals surface area (Å²) in [5.74, 6) is 1.03. The number of fused-ring (bicyclic) bond motifs is 2. The van der Waals surface area contributed by atoms with Crippen molar-refractivity contribution in [2.24, 2.45) is 0 Å². The standard InChI is InChI=1S/C38H54Br2N4O2/c1-3-5-7-9-11-13-15-17-19-21-23-43-35-31(25-29(39)27-41-35)33(37(43)45)34-32-26-30(40)28-42-36(32)44(38(34)46)24-22-20-18-16-14-12-10-8-6-4-2/h25-28H,3-24H2,1-2H3/b34-33+. The van der Waals surface area contributed by atoms with Crippen LogP contribution in [0.4, 0.5) is 11.6 Å². The topological polar surface area (TPSA) is 66.4 Å². The van der Waals surface area contributed by atoms with Gasteiger partial charge in [0.25, 0.3) is 11.8 Å². The Morgan fingerprint density at radius 2 is 0.804 bits per heavy atom. The number of carbonyl (C=O) groups excluding carboxylic acids is 2. The minimum Gasteiger partial charge on any atom is -0.292 e. The maximum absolute atomic E-state index is 14.2. The third-order valence-electron chi connectivity index (χ3n) is 9.36. The smallest absolute Gasteiger partial charge is 0.261 e. The van der Waals surface area contributed by atoms with E-state index in [0.29, 0.717) is 35.9 Å². The second-order valence-corrected chi connectivity index (χ2v) is 14.9. The molecule has 0 saturated carbocycles. The summed E-state index contributed by atoms with van der Waals surface area (Å²) < 4.78 is 1.58. The van der Waals surface area contributed by atoms with Crippen LogP contribution in [0.25, 0.3) is 11.1 Å². The first kappa shape index (κ1) is 36.8. The van der Waals surface area contributed by atoms with Crippen molar-refractivity contribution < 1.29 is 9.59 Å². The van der Waals surface area contributed by atoms with E-state index in [1.807, 2.05) is 12.1 Å². The number of aromatic nitrogens is 2. The molecule has 2 aromatic heterocycles. The van der Waals surface area contributed by atoms with Crippen LogP contribution in [0.5, 0.6) is 0 Å². The van der Waals surface area contributed by atoms with Crippen LogP contribution >= 0.6 is 31.9 Å². The van der Waals surface area contributed by atoms with E-state index in [-0.39, 0.29) is 11.8 Å². The zero-order valence-electron chi connectivity index (χ0n) is 28.2. The van der Waals surface area contributed by atoms with Gasteiger partial charge in [0.1, 0.15) is 11.6 Å². The van der Waals surface area contributed by atoms with Gasteiger partial charge in [-0.15, -0.1) is 0 Å². The SMILES string of the molecule is CCCCCCCCCCCCN1C(=O)/C(=C2/C(=O)N(CCCCCCCCCCCC)c3ncc(Br)cc32)c2cc(Br)cnc21. The maximum Gasteiger partial charge on any atom is 0.261 e. The van der Waals surface area contributed by atoms with Crippen LogP contribution < -0.4 is 9.80 Å². The van der Waals surface area contributed by atoms with Crippen LogP contribution in [-0.2, 0) is 9.59 Å². The van der Waals surface area contributed by atoms with Crippen LogP contribution in [0.3, 0.4) is 0 Å². The number of pyridine rings is 2. The molecule has 252 valence electrons. The van der Waals surface area contributed by atoms with E-state index in [2.05, 4.69) is 55.7 Å². The fourth-order valence-corrected chi connectivity index (χ4v) is 7.43. The summed E-state index contributed by atoms with van der Waals surface area (Å²) in [6, 6.07) is 3.87. The van der Waals surface area contributed by atoms with Gasteiger partial charge in [-0.25, -0.2) is 9.97 Å². The third kappa shape index (κ3) is 9.98. The Kier molecular flexibility index (Phi) is 15.7. The molecular weight excluding hydrogens is 704 g/mol. The molecule has 2 aliphatic heterocycles. The van der Waals surface area contributed by atoms with Crippen molar-refractivity contribution in [2.75, 3.05) is 22.9 Å². The number of halogens is 2. The number of hydrogen-bond acceptors (Lipinski definition) is 4. The molecule has 4 heterocycles. The average molecular weight is 759 g/mol. The fraction of sp³-hybridized carbons (Fsp3) is 0.632. The number of amides is 2. The molecular formula is C38H54Br2N4O2. The third-order valence-corrected chi connectivity index (χ3v) is 10.2. The predicted octanol–water partition coefficient (Wildman–Crippen LogP) is 11.4. The van der Waals surface area contributed by atoms with E-state index in [9.17, 15) is 9.59 Å². The number of hydrogen-bond donors (Lipinski definition) is 0. The van der Waals surface area contributed by atoms with Crippen LogP contribution in [-0.4, -0.2) is 34.9 Å². The molecule has 2 aromatic rings. The minimum atomic E-state index is -0.133. The highest BCUT2D eigenvalue weighted by atomic mass is 79.9. The van der Waals surface area contributed by atoms with E-state index in [0.717, 1.165) is 45.8 Å². The van der Waals surface area contributed by atoms with Crippen molar-refractivity contribution in [2.45, 2.75) is 142 Å². The zero-order valence-corrected chi connectivity index (χ0v) is 31.4. The van der Waals surface area contributed by atoms with Gasteiger partial charge in [-0.1, -0.05) is 129 Å². The number of anilines is 2. The van der Waals surface area contributed by atoms with Crippen molar-refractivity contribution in [1.82, 2.24) is 9.97 Å². The van der Waals surface area contributed by atoms with Gasteiger partial charge in [-0.2, -0.15) is 0 Å². The number of rotatable bonds is 22. The van der Waals surface area contributed by atoms with Crippen LogP contribution in [0.1, 0.15) is 153 Å². The molecule has 2 amide bonds. The van der Waals surface area contributed by atoms with Crippen LogP contribution in [0, 0.1) is 0 Å². The van der Waals surface area contributed by atoms with Gasteiger partial charge in [0, 0.05) is 45.6 Å². The highest BCUT2D eigenvalue weighted by Crippen LogP contribution is 2.46. The molecule has 0 saturated heterocycles. The lowest BCUT2D eigenvalue weighted by Gasteiger charge is -2.16. The van der Waals surface area contributed by atoms with Crippen molar-refractivity contribution in [3.05, 3.63) is 44.6 Å². The Labute approximate surface area is 294 Å². The first-order chi connectivity index (χ1) is 22.5. The van der Waals surface area contributed by atoms with Gasteiger partial charge in [-0.3, -0.25) is 19.4 Å². The van der Waals surface area contributed by atoms with Gasteiger partial charge < -0.3 is 0 Å². The Morgan fingerprint density at radius 1 is 0.500 bits per heavy atom. The summed E-state index contributed by atoms with van der Waals surface area (Å²) in [4.78, 5) is 41.2. The molecule has 0 bridgehead atoms. The Hall–Kier alpha value is -2.06. The van der Waals surface area contributed by atoms with Gasteiger partial charge in [0.15, 0.2) is 0 Å².